The average molecular weight is 222 g/mol. The van der Waals surface area contributed by atoms with Crippen LogP contribution in [0.15, 0.2) is 30.3 Å². The molecule has 0 bridgehead atoms. The number of hydrogen-bond donors (Lipinski definition) is 1. The van der Waals surface area contributed by atoms with Gasteiger partial charge < -0.3 is 10.0 Å². The first-order valence-electron chi connectivity index (χ1n) is 4.97. The second-order valence-corrected chi connectivity index (χ2v) is 4.04. The number of benzene rings is 1. The van der Waals surface area contributed by atoms with Gasteiger partial charge in [0.1, 0.15) is 6.23 Å². The zero-order chi connectivity index (χ0) is 10.8. The molecule has 1 unspecified atom stereocenters. The summed E-state index contributed by atoms with van der Waals surface area (Å²) in [6.07, 6.45) is 0.210. The SMILES string of the molecule is CN1CCC(O)N(c2ccccc2)C1=S. The molecule has 1 aromatic rings. The van der Waals surface area contributed by atoms with Crippen molar-refractivity contribution in [3.63, 3.8) is 0 Å². The minimum atomic E-state index is -0.504. The predicted octanol–water partition coefficient (Wildman–Crippen LogP) is 1.43. The highest BCUT2D eigenvalue weighted by Crippen LogP contribution is 2.22. The first kappa shape index (κ1) is 10.4. The van der Waals surface area contributed by atoms with Crippen molar-refractivity contribution in [3.8, 4) is 0 Å². The highest BCUT2D eigenvalue weighted by atomic mass is 32.1. The van der Waals surface area contributed by atoms with Gasteiger partial charge in [0.05, 0.1) is 0 Å². The Morgan fingerprint density at radius 2 is 2.00 bits per heavy atom. The van der Waals surface area contributed by atoms with Crippen LogP contribution in [0, 0.1) is 0 Å². The summed E-state index contributed by atoms with van der Waals surface area (Å²) in [5.74, 6) is 0. The summed E-state index contributed by atoms with van der Waals surface area (Å²) in [5.41, 5.74) is 0.946. The van der Waals surface area contributed by atoms with E-state index in [4.69, 9.17) is 12.2 Å². The Balaban J connectivity index is 2.30. The summed E-state index contributed by atoms with van der Waals surface area (Å²) in [7, 11) is 1.95. The van der Waals surface area contributed by atoms with Crippen molar-refractivity contribution in [1.82, 2.24) is 4.90 Å². The normalized spacial score (nSPS) is 22.0. The molecule has 1 N–H and O–H groups in total. The molecule has 2 rings (SSSR count). The Morgan fingerprint density at radius 1 is 1.33 bits per heavy atom. The quantitative estimate of drug-likeness (QED) is 0.727. The van der Waals surface area contributed by atoms with E-state index in [0.717, 1.165) is 12.2 Å². The van der Waals surface area contributed by atoms with Crippen LogP contribution in [0.2, 0.25) is 0 Å². The summed E-state index contributed by atoms with van der Waals surface area (Å²) < 4.78 is 0. The zero-order valence-electron chi connectivity index (χ0n) is 8.63. The van der Waals surface area contributed by atoms with Crippen LogP contribution in [0.4, 0.5) is 5.69 Å². The lowest BCUT2D eigenvalue weighted by molar-refractivity contribution is 0.149. The van der Waals surface area contributed by atoms with Crippen molar-refractivity contribution in [1.29, 1.82) is 0 Å². The number of rotatable bonds is 1. The highest BCUT2D eigenvalue weighted by Gasteiger charge is 2.27. The van der Waals surface area contributed by atoms with Crippen molar-refractivity contribution in [3.05, 3.63) is 30.3 Å². The molecule has 4 heteroatoms. The third-order valence-electron chi connectivity index (χ3n) is 2.59. The van der Waals surface area contributed by atoms with Crippen LogP contribution < -0.4 is 4.90 Å². The van der Waals surface area contributed by atoms with Gasteiger partial charge in [-0.3, -0.25) is 4.90 Å². The molecule has 3 nitrogen and oxygen atoms in total. The van der Waals surface area contributed by atoms with E-state index in [2.05, 4.69) is 0 Å². The predicted molar refractivity (Wildman–Crippen MR) is 64.8 cm³/mol. The summed E-state index contributed by atoms with van der Waals surface area (Å²) in [6.45, 7) is 0.809. The molecule has 0 radical (unpaired) electrons. The maximum Gasteiger partial charge on any atom is 0.177 e. The molecule has 1 aliphatic heterocycles. The molecule has 0 spiro atoms. The van der Waals surface area contributed by atoms with Crippen molar-refractivity contribution in [2.24, 2.45) is 0 Å². The van der Waals surface area contributed by atoms with Crippen molar-refractivity contribution in [2.45, 2.75) is 12.6 Å². The fraction of sp³-hybridized carbons (Fsp3) is 0.364. The molecule has 0 aliphatic carbocycles. The van der Waals surface area contributed by atoms with Gasteiger partial charge in [0.25, 0.3) is 0 Å². The molecule has 0 aromatic heterocycles. The first-order chi connectivity index (χ1) is 7.20. The van der Waals surface area contributed by atoms with Crippen LogP contribution in [0.25, 0.3) is 0 Å². The van der Waals surface area contributed by atoms with E-state index >= 15 is 0 Å². The lowest BCUT2D eigenvalue weighted by Crippen LogP contribution is -2.53. The molecule has 1 heterocycles. The van der Waals surface area contributed by atoms with Gasteiger partial charge in [-0.15, -0.1) is 0 Å². The summed E-state index contributed by atoms with van der Waals surface area (Å²) in [5, 5.41) is 10.6. The summed E-state index contributed by atoms with van der Waals surface area (Å²) in [6, 6.07) is 9.74. The number of hydrogen-bond acceptors (Lipinski definition) is 2. The maximum atomic E-state index is 9.92. The molecule has 80 valence electrons. The van der Waals surface area contributed by atoms with Crippen molar-refractivity contribution < 1.29 is 5.11 Å². The van der Waals surface area contributed by atoms with Crippen LogP contribution >= 0.6 is 12.2 Å². The van der Waals surface area contributed by atoms with Crippen LogP contribution in [0.3, 0.4) is 0 Å². The van der Waals surface area contributed by atoms with E-state index in [9.17, 15) is 5.11 Å². The number of para-hydroxylation sites is 1. The Morgan fingerprint density at radius 3 is 2.67 bits per heavy atom. The number of thiocarbonyl (C=S) groups is 1. The van der Waals surface area contributed by atoms with Crippen LogP contribution in [-0.4, -0.2) is 34.9 Å². The minimum absolute atomic E-state index is 0.504. The fourth-order valence-corrected chi connectivity index (χ4v) is 2.03. The Hall–Kier alpha value is -1.13. The molecule has 1 atom stereocenters. The highest BCUT2D eigenvalue weighted by molar-refractivity contribution is 7.80. The molecule has 1 fully saturated rings. The van der Waals surface area contributed by atoms with Gasteiger partial charge in [-0.1, -0.05) is 18.2 Å². The van der Waals surface area contributed by atoms with Crippen LogP contribution in [0.5, 0.6) is 0 Å². The van der Waals surface area contributed by atoms with E-state index in [0.29, 0.717) is 11.5 Å². The van der Waals surface area contributed by atoms with Crippen LogP contribution in [-0.2, 0) is 0 Å². The van der Waals surface area contributed by atoms with Gasteiger partial charge >= 0.3 is 0 Å². The van der Waals surface area contributed by atoms with E-state index < -0.39 is 6.23 Å². The van der Waals surface area contributed by atoms with E-state index in [-0.39, 0.29) is 0 Å². The fourth-order valence-electron chi connectivity index (χ4n) is 1.72. The van der Waals surface area contributed by atoms with Gasteiger partial charge in [-0.05, 0) is 24.4 Å². The van der Waals surface area contributed by atoms with E-state index in [1.54, 1.807) is 4.90 Å². The molecular formula is C11H14N2OS. The molecule has 1 saturated heterocycles. The van der Waals surface area contributed by atoms with Gasteiger partial charge in [0.2, 0.25) is 0 Å². The molecule has 15 heavy (non-hydrogen) atoms. The standard InChI is InChI=1S/C11H14N2OS/c1-12-8-7-10(14)13(11(12)15)9-5-3-2-4-6-9/h2-6,10,14H,7-8H2,1H3. The molecule has 0 saturated carbocycles. The third-order valence-corrected chi connectivity index (χ3v) is 3.10. The largest absolute Gasteiger partial charge is 0.373 e. The smallest absolute Gasteiger partial charge is 0.177 e. The first-order valence-corrected chi connectivity index (χ1v) is 5.38. The number of anilines is 1. The van der Waals surface area contributed by atoms with E-state index in [1.165, 1.54) is 0 Å². The lowest BCUT2D eigenvalue weighted by atomic mass is 10.2. The number of aliphatic hydroxyl groups excluding tert-OH is 1. The Bertz CT molecular complexity index is 355. The Kier molecular flexibility index (Phi) is 2.88. The average Bonchev–Trinajstić information content (AvgIpc) is 2.26. The zero-order valence-corrected chi connectivity index (χ0v) is 9.44. The third kappa shape index (κ3) is 1.96. The molecule has 1 aliphatic rings. The van der Waals surface area contributed by atoms with Gasteiger partial charge in [-0.2, -0.15) is 0 Å². The maximum absolute atomic E-state index is 9.92. The molecule has 1 aromatic carbocycles. The minimum Gasteiger partial charge on any atom is -0.373 e. The number of nitrogens with zero attached hydrogens (tertiary/aromatic N) is 2. The summed E-state index contributed by atoms with van der Waals surface area (Å²) in [4.78, 5) is 3.77. The lowest BCUT2D eigenvalue weighted by Gasteiger charge is -2.39. The van der Waals surface area contributed by atoms with Gasteiger partial charge in [-0.25, -0.2) is 0 Å². The van der Waals surface area contributed by atoms with E-state index in [1.807, 2.05) is 42.3 Å². The van der Waals surface area contributed by atoms with Gasteiger partial charge in [0, 0.05) is 25.7 Å². The van der Waals surface area contributed by atoms with Crippen molar-refractivity contribution >= 4 is 23.0 Å². The van der Waals surface area contributed by atoms with Crippen molar-refractivity contribution in [2.75, 3.05) is 18.5 Å². The topological polar surface area (TPSA) is 26.7 Å². The number of aliphatic hydroxyl groups is 1. The molecule has 0 amide bonds. The monoisotopic (exact) mass is 222 g/mol. The summed E-state index contributed by atoms with van der Waals surface area (Å²) >= 11 is 5.30. The molecular weight excluding hydrogens is 208 g/mol. The van der Waals surface area contributed by atoms with Gasteiger partial charge in [0.15, 0.2) is 5.11 Å². The second kappa shape index (κ2) is 4.16. The van der Waals surface area contributed by atoms with Crippen LogP contribution in [0.1, 0.15) is 6.42 Å². The Labute approximate surface area is 94.9 Å². The second-order valence-electron chi connectivity index (χ2n) is 3.68.